The second-order valence-corrected chi connectivity index (χ2v) is 5.87. The van der Waals surface area contributed by atoms with Crippen LogP contribution >= 0.6 is 17.0 Å². The zero-order valence-electron chi connectivity index (χ0n) is 10.7. The van der Waals surface area contributed by atoms with Crippen LogP contribution in [0.3, 0.4) is 0 Å². The molecule has 0 saturated heterocycles. The normalized spacial score (nSPS) is 10.8. The zero-order valence-corrected chi connectivity index (χ0v) is 14.3. The molecule has 0 amide bonds. The van der Waals surface area contributed by atoms with Crippen LogP contribution in [0.4, 0.5) is 0 Å². The molecule has 0 bridgehead atoms. The Balaban J connectivity index is 0.00000121. The maximum absolute atomic E-state index is 2.69. The van der Waals surface area contributed by atoms with E-state index in [0.29, 0.717) is 0 Å². The Morgan fingerprint density at radius 3 is 2.05 bits per heavy atom. The van der Waals surface area contributed by atoms with E-state index in [4.69, 9.17) is 0 Å². The van der Waals surface area contributed by atoms with Gasteiger partial charge in [0.05, 0.1) is 0 Å². The van der Waals surface area contributed by atoms with Gasteiger partial charge in [0.15, 0.2) is 0 Å². The molecule has 0 N–H and O–H groups in total. The summed E-state index contributed by atoms with van der Waals surface area (Å²) < 4.78 is 1.28. The number of hydrogen-bond acceptors (Lipinski definition) is 0. The van der Waals surface area contributed by atoms with Crippen molar-refractivity contribution in [3.63, 3.8) is 0 Å². The fraction of sp³-hybridized carbons (Fsp3) is 0. The van der Waals surface area contributed by atoms with Gasteiger partial charge in [0.1, 0.15) is 0 Å². The molecule has 0 fully saturated rings. The fourth-order valence-electron chi connectivity index (χ4n) is 2.78. The van der Waals surface area contributed by atoms with Gasteiger partial charge in [-0.15, -0.1) is 17.0 Å². The van der Waals surface area contributed by atoms with E-state index in [0.717, 1.165) is 0 Å². The van der Waals surface area contributed by atoms with Crippen molar-refractivity contribution in [2.24, 2.45) is 0 Å². The first-order valence-corrected chi connectivity index (χ1v) is 7.30. The van der Waals surface area contributed by atoms with Crippen LogP contribution in [-0.2, 0) is 0 Å². The molecular weight excluding hydrogens is 371 g/mol. The third-order valence-electron chi connectivity index (χ3n) is 3.70. The molecule has 0 aliphatic rings. The van der Waals surface area contributed by atoms with E-state index in [1.54, 1.807) is 0 Å². The molecule has 0 atom stereocenters. The first-order valence-electron chi connectivity index (χ1n) is 6.36. The predicted octanol–water partition coefficient (Wildman–Crippen LogP) is 4.52. The van der Waals surface area contributed by atoms with Gasteiger partial charge in [-0.2, -0.15) is 0 Å². The van der Waals surface area contributed by atoms with Crippen LogP contribution in [0.5, 0.6) is 0 Å². The minimum absolute atomic E-state index is 0. The van der Waals surface area contributed by atoms with Crippen LogP contribution in [-0.4, -0.2) is 16.9 Å². The molecule has 0 aliphatic heterocycles. The van der Waals surface area contributed by atoms with Gasteiger partial charge in [-0.25, -0.2) is 0 Å². The van der Waals surface area contributed by atoms with Gasteiger partial charge >= 0.3 is 120 Å². The van der Waals surface area contributed by atoms with Crippen molar-refractivity contribution in [2.45, 2.75) is 0 Å². The third kappa shape index (κ3) is 2.06. The molecule has 2 radical (unpaired) electrons. The van der Waals surface area contributed by atoms with Crippen LogP contribution in [0.1, 0.15) is 0 Å². The van der Waals surface area contributed by atoms with E-state index in [1.165, 1.54) is 36.7 Å². The molecule has 20 heavy (non-hydrogen) atoms. The van der Waals surface area contributed by atoms with Crippen molar-refractivity contribution < 1.29 is 0 Å². The summed E-state index contributed by atoms with van der Waals surface area (Å²) in [5.41, 5.74) is 0. The quantitative estimate of drug-likeness (QED) is 0.238. The van der Waals surface area contributed by atoms with Gasteiger partial charge in [0.2, 0.25) is 0 Å². The summed E-state index contributed by atoms with van der Waals surface area (Å²) in [5.74, 6) is 0. The first kappa shape index (κ1) is 13.7. The van der Waals surface area contributed by atoms with Crippen molar-refractivity contribution >= 4 is 70.5 Å². The summed E-state index contributed by atoms with van der Waals surface area (Å²) in [6, 6.07) is 24.0. The molecule has 2 heteroatoms. The Kier molecular flexibility index (Phi) is 3.58. The van der Waals surface area contributed by atoms with Gasteiger partial charge in [-0.3, -0.25) is 0 Å². The Hall–Kier alpha value is -1.30. The maximum atomic E-state index is 2.69. The van der Waals surface area contributed by atoms with Gasteiger partial charge < -0.3 is 0 Å². The molecule has 0 spiro atoms. The second-order valence-electron chi connectivity index (χ2n) is 4.86. The molecule has 0 nitrogen and oxygen atoms in total. The molecule has 4 aromatic carbocycles. The van der Waals surface area contributed by atoms with E-state index in [9.17, 15) is 0 Å². The first-order chi connectivity index (χ1) is 9.33. The number of fused-ring (bicyclic) bond motifs is 4. The Bertz CT molecular complexity index is 928. The van der Waals surface area contributed by atoms with E-state index in [2.05, 4.69) is 83.6 Å². The van der Waals surface area contributed by atoms with Crippen LogP contribution in [0, 0.1) is 0 Å². The van der Waals surface area contributed by atoms with Crippen molar-refractivity contribution in [3.05, 3.63) is 66.7 Å². The van der Waals surface area contributed by atoms with E-state index < -0.39 is 0 Å². The number of hydrogen-bond donors (Lipinski definition) is 0. The number of rotatable bonds is 0. The Labute approximate surface area is 137 Å². The van der Waals surface area contributed by atoms with Crippen molar-refractivity contribution in [2.75, 3.05) is 0 Å². The average Bonchev–Trinajstić information content (AvgIpc) is 2.45. The Morgan fingerprint density at radius 2 is 1.25 bits per heavy atom. The van der Waals surface area contributed by atoms with Crippen LogP contribution in [0.25, 0.3) is 32.3 Å². The molecule has 0 aliphatic carbocycles. The monoisotopic (exact) mass is 382 g/mol. The molecule has 0 heterocycles. The molecule has 4 aromatic rings. The van der Waals surface area contributed by atoms with E-state index >= 15 is 0 Å². The van der Waals surface area contributed by atoms with Gasteiger partial charge in [-0.1, -0.05) is 0 Å². The van der Waals surface area contributed by atoms with Crippen LogP contribution < -0.4 is 4.35 Å². The third-order valence-corrected chi connectivity index (χ3v) is 4.49. The van der Waals surface area contributed by atoms with E-state index in [1.807, 2.05) is 0 Å². The molecular formula is C18H12AsBr. The van der Waals surface area contributed by atoms with Gasteiger partial charge in [0.25, 0.3) is 0 Å². The molecule has 96 valence electrons. The van der Waals surface area contributed by atoms with Crippen LogP contribution in [0.2, 0.25) is 0 Å². The summed E-state index contributed by atoms with van der Waals surface area (Å²) in [7, 11) is 0. The fourth-order valence-corrected chi connectivity index (χ4v) is 3.49. The van der Waals surface area contributed by atoms with Crippen molar-refractivity contribution in [1.29, 1.82) is 0 Å². The predicted molar refractivity (Wildman–Crippen MR) is 94.7 cm³/mol. The zero-order chi connectivity index (χ0) is 12.8. The van der Waals surface area contributed by atoms with Crippen LogP contribution in [0.15, 0.2) is 66.7 Å². The summed E-state index contributed by atoms with van der Waals surface area (Å²) >= 11 is 2.69. The SMILES string of the molecule is Br.[As]c1cccc2ccc3cc4ccccc4cc3c12. The standard InChI is InChI=1S/C18H11As.BrH/c19-17-7-3-6-12-8-9-15-10-13-4-1-2-5-14(13)11-16(15)18(12)17;/h1-11H;1H. The van der Waals surface area contributed by atoms with E-state index in [-0.39, 0.29) is 17.0 Å². The van der Waals surface area contributed by atoms with Crippen molar-refractivity contribution in [3.8, 4) is 0 Å². The average molecular weight is 383 g/mol. The Morgan fingerprint density at radius 1 is 0.600 bits per heavy atom. The number of halogens is 1. The molecule has 0 saturated carbocycles. The summed E-state index contributed by atoms with van der Waals surface area (Å²) in [6.07, 6.45) is 0. The molecule has 0 unspecified atom stereocenters. The summed E-state index contributed by atoms with van der Waals surface area (Å²) in [6.45, 7) is 0. The summed E-state index contributed by atoms with van der Waals surface area (Å²) in [5, 5.41) is 7.92. The topological polar surface area (TPSA) is 0 Å². The summed E-state index contributed by atoms with van der Waals surface area (Å²) in [4.78, 5) is 0. The molecule has 4 rings (SSSR count). The minimum atomic E-state index is 0. The second kappa shape index (κ2) is 5.24. The van der Waals surface area contributed by atoms with Gasteiger partial charge in [0, 0.05) is 0 Å². The number of benzene rings is 4. The molecule has 0 aromatic heterocycles. The van der Waals surface area contributed by atoms with Gasteiger partial charge in [-0.05, 0) is 0 Å². The van der Waals surface area contributed by atoms with Crippen molar-refractivity contribution in [1.82, 2.24) is 0 Å².